The van der Waals surface area contributed by atoms with E-state index >= 15 is 0 Å². The molecule has 0 bridgehead atoms. The van der Waals surface area contributed by atoms with Crippen LogP contribution >= 0.6 is 11.6 Å². The number of carboxylic acid groups (broad SMARTS) is 1. The second kappa shape index (κ2) is 14.9. The molecule has 1 unspecified atom stereocenters. The summed E-state index contributed by atoms with van der Waals surface area (Å²) in [6, 6.07) is 16.6. The largest absolute Gasteiger partial charge is 0.481 e. The van der Waals surface area contributed by atoms with Crippen LogP contribution in [0, 0.1) is 13.8 Å². The second-order valence-corrected chi connectivity index (χ2v) is 13.5. The number of amides is 1. The van der Waals surface area contributed by atoms with Gasteiger partial charge in [0.25, 0.3) is 5.91 Å². The van der Waals surface area contributed by atoms with E-state index in [1.807, 2.05) is 90.1 Å². The van der Waals surface area contributed by atoms with Crippen LogP contribution in [0.1, 0.15) is 80.3 Å². The van der Waals surface area contributed by atoms with Crippen molar-refractivity contribution in [2.75, 3.05) is 6.54 Å². The standard InChI is InChI=1S/C39H42ClN3O5/c1-23(16-17-24(2)38(47)48-39(6,7)8)21-43(36(44)35-25(3)27(5)42-33-15-10-9-14-31(33)35)22-34-32(40)19-30(20-41-34)29-13-11-12-28(18-29)26(4)37(45)46/h9-20,26H,21-22H2,1-8H3,(H,45,46)/b23-16+,24-17+. The van der Waals surface area contributed by atoms with Crippen LogP contribution in [0.3, 0.4) is 0 Å². The molecule has 1 N–H and O–H groups in total. The van der Waals surface area contributed by atoms with Crippen molar-refractivity contribution in [3.8, 4) is 11.1 Å². The van der Waals surface area contributed by atoms with Gasteiger partial charge in [-0.25, -0.2) is 4.79 Å². The number of nitrogens with zero attached hydrogens (tertiary/aromatic N) is 3. The van der Waals surface area contributed by atoms with Crippen molar-refractivity contribution < 1.29 is 24.2 Å². The van der Waals surface area contributed by atoms with Crippen molar-refractivity contribution >= 4 is 40.3 Å². The SMILES string of the molecule is C/C(=C\C=C(/C)C(=O)OC(C)(C)C)CN(Cc1ncc(-c2cccc(C(C)C(=O)O)c2)cc1Cl)C(=O)c1c(C)c(C)nc2ccccc12. The van der Waals surface area contributed by atoms with E-state index in [0.717, 1.165) is 38.9 Å². The van der Waals surface area contributed by atoms with Gasteiger partial charge in [0.15, 0.2) is 0 Å². The highest BCUT2D eigenvalue weighted by atomic mass is 35.5. The number of aliphatic carboxylic acids is 1. The first-order chi connectivity index (χ1) is 22.6. The Kier molecular flexibility index (Phi) is 11.2. The number of benzene rings is 2. The third-order valence-corrected chi connectivity index (χ3v) is 8.33. The zero-order valence-electron chi connectivity index (χ0n) is 28.7. The van der Waals surface area contributed by atoms with Crippen LogP contribution in [0.5, 0.6) is 0 Å². The average molecular weight is 668 g/mol. The van der Waals surface area contributed by atoms with E-state index in [1.54, 1.807) is 43.2 Å². The molecule has 0 saturated carbocycles. The molecule has 0 aliphatic rings. The Hall–Kier alpha value is -4.82. The first kappa shape index (κ1) is 36.0. The molecule has 2 heterocycles. The minimum atomic E-state index is -0.907. The Morgan fingerprint density at radius 3 is 2.38 bits per heavy atom. The molecule has 1 atom stereocenters. The Morgan fingerprint density at radius 1 is 1.00 bits per heavy atom. The van der Waals surface area contributed by atoms with Gasteiger partial charge in [-0.05, 0) is 84.2 Å². The van der Waals surface area contributed by atoms with Crippen molar-refractivity contribution in [2.24, 2.45) is 0 Å². The van der Waals surface area contributed by atoms with Gasteiger partial charge in [-0.3, -0.25) is 19.6 Å². The number of para-hydroxylation sites is 1. The summed E-state index contributed by atoms with van der Waals surface area (Å²) in [4.78, 5) is 49.6. The van der Waals surface area contributed by atoms with E-state index < -0.39 is 23.5 Å². The highest BCUT2D eigenvalue weighted by Gasteiger charge is 2.24. The molecule has 48 heavy (non-hydrogen) atoms. The molecule has 1 amide bonds. The maximum Gasteiger partial charge on any atom is 0.334 e. The number of aryl methyl sites for hydroxylation is 1. The van der Waals surface area contributed by atoms with E-state index in [1.165, 1.54) is 0 Å². The van der Waals surface area contributed by atoms with Crippen LogP contribution in [0.15, 0.2) is 84.1 Å². The van der Waals surface area contributed by atoms with Crippen LogP contribution in [-0.2, 0) is 20.9 Å². The number of aromatic nitrogens is 2. The third-order valence-electron chi connectivity index (χ3n) is 8.01. The first-order valence-corrected chi connectivity index (χ1v) is 16.1. The van der Waals surface area contributed by atoms with Gasteiger partial charge in [0.05, 0.1) is 34.3 Å². The molecule has 0 fully saturated rings. The Bertz CT molecular complexity index is 1940. The van der Waals surface area contributed by atoms with Gasteiger partial charge in [-0.2, -0.15) is 0 Å². The average Bonchev–Trinajstić information content (AvgIpc) is 3.03. The lowest BCUT2D eigenvalue weighted by molar-refractivity contribution is -0.149. The van der Waals surface area contributed by atoms with Crippen LogP contribution < -0.4 is 0 Å². The van der Waals surface area contributed by atoms with Crippen LogP contribution in [-0.4, -0.2) is 50.0 Å². The molecule has 0 saturated heterocycles. The first-order valence-electron chi connectivity index (χ1n) is 15.8. The van der Waals surface area contributed by atoms with Crippen LogP contribution in [0.4, 0.5) is 0 Å². The van der Waals surface area contributed by atoms with E-state index in [0.29, 0.717) is 27.4 Å². The fourth-order valence-electron chi connectivity index (χ4n) is 5.16. The maximum absolute atomic E-state index is 14.5. The Morgan fingerprint density at radius 2 is 1.71 bits per heavy atom. The molecule has 0 aliphatic heterocycles. The molecule has 0 aliphatic carbocycles. The molecule has 4 aromatic rings. The number of hydrogen-bond donors (Lipinski definition) is 1. The number of carboxylic acids is 1. The number of halogens is 1. The fraction of sp³-hybridized carbons (Fsp3) is 0.308. The summed E-state index contributed by atoms with van der Waals surface area (Å²) in [7, 11) is 0. The van der Waals surface area contributed by atoms with Crippen molar-refractivity contribution in [3.63, 3.8) is 0 Å². The topological polar surface area (TPSA) is 110 Å². The molecule has 0 spiro atoms. The number of hydrogen-bond acceptors (Lipinski definition) is 6. The molecule has 8 nitrogen and oxygen atoms in total. The molecule has 2 aromatic carbocycles. The predicted molar refractivity (Wildman–Crippen MR) is 190 cm³/mol. The minimum absolute atomic E-state index is 0.114. The van der Waals surface area contributed by atoms with Gasteiger partial charge in [-0.1, -0.05) is 71.8 Å². The summed E-state index contributed by atoms with van der Waals surface area (Å²) in [5.41, 5.74) is 6.19. The van der Waals surface area contributed by atoms with Gasteiger partial charge >= 0.3 is 11.9 Å². The van der Waals surface area contributed by atoms with E-state index in [-0.39, 0.29) is 19.0 Å². The van der Waals surface area contributed by atoms with Crippen molar-refractivity contribution in [1.82, 2.24) is 14.9 Å². The molecule has 4 rings (SSSR count). The van der Waals surface area contributed by atoms with Crippen molar-refractivity contribution in [2.45, 2.75) is 73.5 Å². The number of esters is 1. The maximum atomic E-state index is 14.5. The number of rotatable bonds is 10. The van der Waals surface area contributed by atoms with Gasteiger partial charge in [0.1, 0.15) is 5.60 Å². The van der Waals surface area contributed by atoms with Crippen LogP contribution in [0.25, 0.3) is 22.0 Å². The number of ether oxygens (including phenoxy) is 1. The highest BCUT2D eigenvalue weighted by Crippen LogP contribution is 2.29. The van der Waals surface area contributed by atoms with E-state index in [2.05, 4.69) is 4.98 Å². The molecule has 0 radical (unpaired) electrons. The zero-order valence-corrected chi connectivity index (χ0v) is 29.5. The lowest BCUT2D eigenvalue weighted by atomic mass is 9.97. The summed E-state index contributed by atoms with van der Waals surface area (Å²) in [5, 5.41) is 10.6. The summed E-state index contributed by atoms with van der Waals surface area (Å²) >= 11 is 6.83. The summed E-state index contributed by atoms with van der Waals surface area (Å²) in [6.45, 7) is 14.8. The predicted octanol–water partition coefficient (Wildman–Crippen LogP) is 8.63. The summed E-state index contributed by atoms with van der Waals surface area (Å²) < 4.78 is 5.48. The highest BCUT2D eigenvalue weighted by molar-refractivity contribution is 6.31. The van der Waals surface area contributed by atoms with E-state index in [4.69, 9.17) is 21.3 Å². The number of pyridine rings is 2. The molecule has 250 valence electrons. The third kappa shape index (κ3) is 8.75. The quantitative estimate of drug-likeness (QED) is 0.102. The fourth-order valence-corrected chi connectivity index (χ4v) is 5.39. The molecule has 9 heteroatoms. The monoisotopic (exact) mass is 667 g/mol. The molecular formula is C39H42ClN3O5. The zero-order chi connectivity index (χ0) is 35.3. The van der Waals surface area contributed by atoms with Crippen LogP contribution in [0.2, 0.25) is 5.02 Å². The van der Waals surface area contributed by atoms with Gasteiger partial charge in [0.2, 0.25) is 0 Å². The minimum Gasteiger partial charge on any atom is -0.481 e. The molecule has 2 aromatic heterocycles. The Balaban J connectivity index is 1.72. The number of carbonyl (C=O) groups excluding carboxylic acids is 2. The summed E-state index contributed by atoms with van der Waals surface area (Å²) in [5.74, 6) is -2.18. The summed E-state index contributed by atoms with van der Waals surface area (Å²) in [6.07, 6.45) is 5.19. The second-order valence-electron chi connectivity index (χ2n) is 13.1. The van der Waals surface area contributed by atoms with Gasteiger partial charge < -0.3 is 14.7 Å². The number of fused-ring (bicyclic) bond motifs is 1. The normalized spacial score (nSPS) is 12.9. The molecular weight excluding hydrogens is 626 g/mol. The lowest BCUT2D eigenvalue weighted by Gasteiger charge is -2.25. The van der Waals surface area contributed by atoms with Crippen molar-refractivity contribution in [1.29, 1.82) is 0 Å². The Labute approximate surface area is 287 Å². The van der Waals surface area contributed by atoms with E-state index in [9.17, 15) is 19.5 Å². The lowest BCUT2D eigenvalue weighted by Crippen LogP contribution is -2.33. The smallest absolute Gasteiger partial charge is 0.334 e. The number of carbonyl (C=O) groups is 3. The van der Waals surface area contributed by atoms with Gasteiger partial charge in [0, 0.05) is 35.0 Å². The number of allylic oxidation sites excluding steroid dienone is 2. The van der Waals surface area contributed by atoms with Gasteiger partial charge in [-0.15, -0.1) is 0 Å². The van der Waals surface area contributed by atoms with Crippen molar-refractivity contribution in [3.05, 3.63) is 117 Å².